The van der Waals surface area contributed by atoms with Gasteiger partial charge in [-0.1, -0.05) is 111 Å². The summed E-state index contributed by atoms with van der Waals surface area (Å²) in [5.74, 6) is 0.618. The molecular formula is C31H29N2. The average molecular weight is 430 g/mol. The Hall–Kier alpha value is -3.78. The average Bonchev–Trinajstić information content (AvgIpc) is 3.39. The van der Waals surface area contributed by atoms with Gasteiger partial charge in [0.2, 0.25) is 0 Å². The molecule has 1 radical (unpaired) electrons. The summed E-state index contributed by atoms with van der Waals surface area (Å²) in [5.41, 5.74) is 7.70. The zero-order valence-corrected chi connectivity index (χ0v) is 19.2. The monoisotopic (exact) mass is 429 g/mol. The Bertz CT molecular complexity index is 1130. The second-order valence-electron chi connectivity index (χ2n) is 8.61. The third kappa shape index (κ3) is 4.29. The maximum Gasteiger partial charge on any atom is 0.150 e. The van der Waals surface area contributed by atoms with Crippen molar-refractivity contribution in [1.82, 2.24) is 0 Å². The van der Waals surface area contributed by atoms with Crippen LogP contribution in [0.15, 0.2) is 122 Å². The molecule has 1 aliphatic heterocycles. The lowest BCUT2D eigenvalue weighted by molar-refractivity contribution is 0.906. The quantitative estimate of drug-likeness (QED) is 0.307. The molecule has 33 heavy (non-hydrogen) atoms. The summed E-state index contributed by atoms with van der Waals surface area (Å²) in [4.78, 5) is 4.47. The van der Waals surface area contributed by atoms with E-state index in [9.17, 15) is 0 Å². The van der Waals surface area contributed by atoms with Crippen LogP contribution in [0.3, 0.4) is 0 Å². The van der Waals surface area contributed by atoms with Crippen molar-refractivity contribution in [2.75, 3.05) is 9.80 Å². The first-order valence-electron chi connectivity index (χ1n) is 11.6. The summed E-state index contributed by atoms with van der Waals surface area (Å²) < 4.78 is 0. The van der Waals surface area contributed by atoms with Crippen LogP contribution in [0.1, 0.15) is 47.9 Å². The molecule has 2 atom stereocenters. The smallest absolute Gasteiger partial charge is 0.150 e. The van der Waals surface area contributed by atoms with Gasteiger partial charge >= 0.3 is 0 Å². The van der Waals surface area contributed by atoms with Gasteiger partial charge in [-0.3, -0.25) is 0 Å². The Morgan fingerprint density at radius 2 is 0.818 bits per heavy atom. The Morgan fingerprint density at radius 1 is 0.455 bits per heavy atom. The Labute approximate surface area is 197 Å². The summed E-state index contributed by atoms with van der Waals surface area (Å²) >= 11 is 0. The molecule has 2 heteroatoms. The molecule has 0 aliphatic carbocycles. The highest BCUT2D eigenvalue weighted by molar-refractivity contribution is 5.69. The van der Waals surface area contributed by atoms with Crippen molar-refractivity contribution in [1.29, 1.82) is 0 Å². The van der Waals surface area contributed by atoms with Crippen molar-refractivity contribution in [3.05, 3.63) is 151 Å². The topological polar surface area (TPSA) is 6.48 Å². The van der Waals surface area contributed by atoms with Crippen molar-refractivity contribution < 1.29 is 0 Å². The molecule has 0 saturated carbocycles. The van der Waals surface area contributed by atoms with E-state index in [0.717, 1.165) is 0 Å². The molecule has 163 valence electrons. The SMILES string of the molecule is C[C@H](c1ccccc1)c1ccccc1N1[CH]N(c2ccccc2[C@H](C)c2ccccc2)C=C1. The van der Waals surface area contributed by atoms with E-state index in [1.165, 1.54) is 33.6 Å². The van der Waals surface area contributed by atoms with Gasteiger partial charge in [0.05, 0.1) is 0 Å². The third-order valence-electron chi connectivity index (χ3n) is 6.60. The molecule has 4 aromatic rings. The second kappa shape index (κ2) is 9.38. The lowest BCUT2D eigenvalue weighted by Crippen LogP contribution is -2.21. The van der Waals surface area contributed by atoms with Crippen molar-refractivity contribution in [2.45, 2.75) is 25.7 Å². The minimum atomic E-state index is 0.309. The lowest BCUT2D eigenvalue weighted by Gasteiger charge is -2.27. The third-order valence-corrected chi connectivity index (χ3v) is 6.60. The van der Waals surface area contributed by atoms with E-state index < -0.39 is 0 Å². The predicted molar refractivity (Wildman–Crippen MR) is 139 cm³/mol. The molecule has 0 unspecified atom stereocenters. The molecule has 4 aromatic carbocycles. The second-order valence-corrected chi connectivity index (χ2v) is 8.61. The summed E-state index contributed by atoms with van der Waals surface area (Å²) in [6, 6.07) is 38.8. The Morgan fingerprint density at radius 3 is 1.24 bits per heavy atom. The fourth-order valence-corrected chi connectivity index (χ4v) is 4.66. The molecule has 0 saturated heterocycles. The molecule has 0 amide bonds. The number of anilines is 2. The number of benzene rings is 4. The molecule has 0 aromatic heterocycles. The van der Waals surface area contributed by atoms with Crippen LogP contribution in [0.25, 0.3) is 0 Å². The first-order valence-corrected chi connectivity index (χ1v) is 11.6. The number of para-hydroxylation sites is 2. The van der Waals surface area contributed by atoms with Crippen LogP contribution in [0.5, 0.6) is 0 Å². The summed E-state index contributed by atoms with van der Waals surface area (Å²) in [5, 5.41) is 0. The zero-order chi connectivity index (χ0) is 22.6. The van der Waals surface area contributed by atoms with Gasteiger partial charge in [0.15, 0.2) is 6.67 Å². The first kappa shape index (κ1) is 21.1. The lowest BCUT2D eigenvalue weighted by atomic mass is 9.91. The summed E-state index contributed by atoms with van der Waals surface area (Å²) in [7, 11) is 0. The van der Waals surface area contributed by atoms with Crippen LogP contribution >= 0.6 is 0 Å². The highest BCUT2D eigenvalue weighted by Gasteiger charge is 2.23. The summed E-state index contributed by atoms with van der Waals surface area (Å²) in [6.45, 7) is 6.75. The molecular weight excluding hydrogens is 400 g/mol. The maximum absolute atomic E-state index is 2.28. The van der Waals surface area contributed by atoms with Crippen LogP contribution in [0, 0.1) is 6.67 Å². The standard InChI is InChI=1S/C31H29N2/c1-24(26-13-5-3-6-14-26)28-17-9-11-19-30(28)32-21-22-33(23-32)31-20-12-10-18-29(31)25(2)27-15-7-4-8-16-27/h3-25H,1-2H3/t24-,25-/m1/s1. The van der Waals surface area contributed by atoms with E-state index in [4.69, 9.17) is 0 Å². The van der Waals surface area contributed by atoms with Crippen LogP contribution in [0.4, 0.5) is 11.4 Å². The molecule has 0 bridgehead atoms. The molecule has 0 fully saturated rings. The minimum absolute atomic E-state index is 0.309. The van der Waals surface area contributed by atoms with Gasteiger partial charge in [0, 0.05) is 35.6 Å². The van der Waals surface area contributed by atoms with E-state index in [1.807, 2.05) is 0 Å². The number of hydrogen-bond donors (Lipinski definition) is 0. The molecule has 1 heterocycles. The molecule has 2 nitrogen and oxygen atoms in total. The van der Waals surface area contributed by atoms with Crippen molar-refractivity contribution >= 4 is 11.4 Å². The molecule has 0 N–H and O–H groups in total. The van der Waals surface area contributed by atoms with E-state index in [1.54, 1.807) is 0 Å². The first-order chi connectivity index (χ1) is 16.2. The van der Waals surface area contributed by atoms with Crippen molar-refractivity contribution in [3.63, 3.8) is 0 Å². The molecule has 0 spiro atoms. The van der Waals surface area contributed by atoms with Gasteiger partial charge in [-0.2, -0.15) is 0 Å². The van der Waals surface area contributed by atoms with Crippen LogP contribution in [0.2, 0.25) is 0 Å². The molecule has 5 rings (SSSR count). The zero-order valence-electron chi connectivity index (χ0n) is 19.2. The number of nitrogens with zero attached hydrogens (tertiary/aromatic N) is 2. The highest BCUT2D eigenvalue weighted by Crippen LogP contribution is 2.38. The van der Waals surface area contributed by atoms with Crippen molar-refractivity contribution in [2.24, 2.45) is 0 Å². The van der Waals surface area contributed by atoms with E-state index in [0.29, 0.717) is 11.8 Å². The fraction of sp³-hybridized carbons (Fsp3) is 0.129. The van der Waals surface area contributed by atoms with Gasteiger partial charge < -0.3 is 9.80 Å². The van der Waals surface area contributed by atoms with Gasteiger partial charge in [-0.15, -0.1) is 0 Å². The normalized spacial score (nSPS) is 15.0. The van der Waals surface area contributed by atoms with Crippen molar-refractivity contribution in [3.8, 4) is 0 Å². The van der Waals surface area contributed by atoms with Gasteiger partial charge in [-0.25, -0.2) is 0 Å². The Kier molecular flexibility index (Phi) is 5.99. The summed E-state index contributed by atoms with van der Waals surface area (Å²) in [6.07, 6.45) is 4.31. The largest absolute Gasteiger partial charge is 0.321 e. The van der Waals surface area contributed by atoms with Gasteiger partial charge in [0.1, 0.15) is 0 Å². The number of rotatable bonds is 6. The van der Waals surface area contributed by atoms with Crippen LogP contribution in [-0.2, 0) is 0 Å². The number of hydrogen-bond acceptors (Lipinski definition) is 2. The van der Waals surface area contributed by atoms with Crippen LogP contribution in [-0.4, -0.2) is 0 Å². The van der Waals surface area contributed by atoms with E-state index >= 15 is 0 Å². The Balaban J connectivity index is 1.42. The van der Waals surface area contributed by atoms with E-state index in [-0.39, 0.29) is 0 Å². The molecule has 1 aliphatic rings. The maximum atomic E-state index is 2.28. The fourth-order valence-electron chi connectivity index (χ4n) is 4.66. The predicted octanol–water partition coefficient (Wildman–Crippen LogP) is 7.91. The van der Waals surface area contributed by atoms with E-state index in [2.05, 4.69) is 152 Å². The van der Waals surface area contributed by atoms with Crippen LogP contribution < -0.4 is 9.80 Å². The highest BCUT2D eigenvalue weighted by atomic mass is 15.3. The minimum Gasteiger partial charge on any atom is -0.321 e. The van der Waals surface area contributed by atoms with Gasteiger partial charge in [-0.05, 0) is 34.4 Å². The van der Waals surface area contributed by atoms with Gasteiger partial charge in [0.25, 0.3) is 0 Å².